The molecule has 0 spiro atoms. The van der Waals surface area contributed by atoms with Gasteiger partial charge in [-0.25, -0.2) is 0 Å². The molecule has 30 heavy (non-hydrogen) atoms. The molecule has 3 aliphatic rings. The maximum absolute atomic E-state index is 13.0. The van der Waals surface area contributed by atoms with Crippen molar-refractivity contribution in [1.29, 1.82) is 0 Å². The largest absolute Gasteiger partial charge is 0.342 e. The van der Waals surface area contributed by atoms with E-state index in [0.29, 0.717) is 5.69 Å². The molecule has 0 saturated carbocycles. The minimum absolute atomic E-state index is 0.342. The molecule has 3 saturated heterocycles. The van der Waals surface area contributed by atoms with Gasteiger partial charge in [0.1, 0.15) is 24.4 Å². The van der Waals surface area contributed by atoms with Crippen molar-refractivity contribution in [3.05, 3.63) is 30.3 Å². The third kappa shape index (κ3) is 4.21. The predicted molar refractivity (Wildman–Crippen MR) is 105 cm³/mol. The highest BCUT2D eigenvalue weighted by Gasteiger charge is 2.62. The van der Waals surface area contributed by atoms with E-state index in [1.54, 1.807) is 46.8 Å². The number of hydrogen-bond donors (Lipinski definition) is 2. The molecule has 3 fully saturated rings. The van der Waals surface area contributed by atoms with Crippen molar-refractivity contribution in [3.8, 4) is 0 Å². The summed E-state index contributed by atoms with van der Waals surface area (Å²) in [4.78, 5) is 25.5. The van der Waals surface area contributed by atoms with Gasteiger partial charge in [-0.05, 0) is 46.8 Å². The number of carbonyl (C=O) groups excluding carboxylic acids is 2. The van der Waals surface area contributed by atoms with Crippen LogP contribution in [0, 0.1) is 0 Å². The van der Waals surface area contributed by atoms with Crippen molar-refractivity contribution in [2.75, 3.05) is 5.32 Å². The van der Waals surface area contributed by atoms with Crippen LogP contribution in [-0.4, -0.2) is 60.1 Å². The molecule has 0 bridgehead atoms. The quantitative estimate of drug-likeness (QED) is 0.761. The van der Waals surface area contributed by atoms with E-state index in [2.05, 4.69) is 10.6 Å². The van der Waals surface area contributed by atoms with Crippen LogP contribution in [0.4, 0.5) is 5.69 Å². The van der Waals surface area contributed by atoms with Crippen LogP contribution >= 0.6 is 0 Å². The van der Waals surface area contributed by atoms with Crippen LogP contribution in [0.1, 0.15) is 34.6 Å². The summed E-state index contributed by atoms with van der Waals surface area (Å²) in [6, 6.07) is 8.24. The molecular weight excluding hydrogens is 392 g/mol. The first-order valence-electron chi connectivity index (χ1n) is 10.1. The lowest BCUT2D eigenvalue weighted by Crippen LogP contribution is -2.60. The number of rotatable bonds is 4. The Hall–Kier alpha value is -2.04. The zero-order valence-corrected chi connectivity index (χ0v) is 17.7. The fourth-order valence-corrected chi connectivity index (χ4v) is 3.96. The second-order valence-electron chi connectivity index (χ2n) is 8.68. The highest BCUT2D eigenvalue weighted by molar-refractivity contribution is 5.97. The molecule has 0 aliphatic carbocycles. The second-order valence-corrected chi connectivity index (χ2v) is 8.68. The van der Waals surface area contributed by atoms with Gasteiger partial charge in [-0.15, -0.1) is 0 Å². The highest BCUT2D eigenvalue weighted by Crippen LogP contribution is 2.44. The first-order chi connectivity index (χ1) is 14.0. The van der Waals surface area contributed by atoms with E-state index < -0.39 is 54.2 Å². The summed E-state index contributed by atoms with van der Waals surface area (Å²) in [6.45, 7) is 8.69. The van der Waals surface area contributed by atoms with Gasteiger partial charge in [-0.2, -0.15) is 0 Å². The van der Waals surface area contributed by atoms with E-state index in [1.165, 1.54) is 0 Å². The predicted octanol–water partition coefficient (Wildman–Crippen LogP) is 1.53. The van der Waals surface area contributed by atoms with E-state index in [9.17, 15) is 9.59 Å². The molecule has 0 radical (unpaired) electrons. The topological polar surface area (TPSA) is 104 Å². The van der Waals surface area contributed by atoms with Gasteiger partial charge < -0.3 is 34.3 Å². The Kier molecular flexibility index (Phi) is 5.36. The first kappa shape index (κ1) is 21.2. The van der Waals surface area contributed by atoms with Gasteiger partial charge in [0.05, 0.1) is 0 Å². The van der Waals surface area contributed by atoms with Crippen LogP contribution in [0.15, 0.2) is 30.3 Å². The van der Waals surface area contributed by atoms with Crippen LogP contribution in [0.3, 0.4) is 0 Å². The number of carbonyl (C=O) groups is 2. The standard InChI is InChI=1S/C21H28N2O7/c1-11(17(24)23-12-9-7-6-8-10-12)22-18(25)15-13-14(28-20(2,3)27-13)16-19(26-15)30-21(4,5)29-16/h6-11,13-16,19H,1-5H3,(H,22,25)(H,23,24)/t11-,13-,14-,15+,16-,19+/m0/s1. The summed E-state index contributed by atoms with van der Waals surface area (Å²) in [6.07, 6.45) is -3.53. The number of ether oxygens (including phenoxy) is 5. The van der Waals surface area contributed by atoms with Gasteiger partial charge in [0, 0.05) is 5.69 Å². The highest BCUT2D eigenvalue weighted by atomic mass is 16.9. The van der Waals surface area contributed by atoms with E-state index in [-0.39, 0.29) is 5.91 Å². The minimum Gasteiger partial charge on any atom is -0.342 e. The van der Waals surface area contributed by atoms with Gasteiger partial charge in [0.25, 0.3) is 5.91 Å². The SMILES string of the molecule is C[C@H](NC(=O)[C@@H]1O[C@@H]2OC(C)(C)O[C@H]2[C@H]2OC(C)(C)O[C@@H]21)C(=O)Nc1ccccc1. The number of para-hydroxylation sites is 1. The smallest absolute Gasteiger partial charge is 0.252 e. The molecule has 3 heterocycles. The average Bonchev–Trinajstić information content (AvgIpc) is 3.15. The summed E-state index contributed by atoms with van der Waals surface area (Å²) in [5, 5.41) is 5.46. The average molecular weight is 420 g/mol. The number of nitrogens with one attached hydrogen (secondary N) is 2. The molecule has 9 nitrogen and oxygen atoms in total. The lowest BCUT2D eigenvalue weighted by Gasteiger charge is -2.36. The van der Waals surface area contributed by atoms with E-state index >= 15 is 0 Å². The Labute approximate surface area is 175 Å². The fraction of sp³-hybridized carbons (Fsp3) is 0.619. The molecule has 3 aliphatic heterocycles. The monoisotopic (exact) mass is 420 g/mol. The Bertz CT molecular complexity index is 813. The number of amides is 2. The molecule has 2 amide bonds. The lowest BCUT2D eigenvalue weighted by atomic mass is 9.98. The zero-order valence-electron chi connectivity index (χ0n) is 17.7. The van der Waals surface area contributed by atoms with E-state index in [0.717, 1.165) is 0 Å². The number of benzene rings is 1. The lowest BCUT2D eigenvalue weighted by molar-refractivity contribution is -0.231. The van der Waals surface area contributed by atoms with Crippen molar-refractivity contribution in [2.24, 2.45) is 0 Å². The number of hydrogen-bond acceptors (Lipinski definition) is 7. The van der Waals surface area contributed by atoms with Crippen LogP contribution in [0.25, 0.3) is 0 Å². The van der Waals surface area contributed by atoms with Gasteiger partial charge in [-0.3, -0.25) is 9.59 Å². The molecule has 0 unspecified atom stereocenters. The third-order valence-electron chi connectivity index (χ3n) is 5.21. The van der Waals surface area contributed by atoms with Crippen molar-refractivity contribution in [3.63, 3.8) is 0 Å². The van der Waals surface area contributed by atoms with Crippen LogP contribution < -0.4 is 10.6 Å². The van der Waals surface area contributed by atoms with E-state index in [1.807, 2.05) is 18.2 Å². The molecule has 6 atom stereocenters. The van der Waals surface area contributed by atoms with Crippen molar-refractivity contribution < 1.29 is 33.3 Å². The zero-order chi connectivity index (χ0) is 21.7. The van der Waals surface area contributed by atoms with Crippen molar-refractivity contribution in [1.82, 2.24) is 5.32 Å². The van der Waals surface area contributed by atoms with Crippen LogP contribution in [-0.2, 0) is 33.3 Å². The number of fused-ring (bicyclic) bond motifs is 3. The minimum atomic E-state index is -1.01. The maximum atomic E-state index is 13.0. The second kappa shape index (κ2) is 7.58. The summed E-state index contributed by atoms with van der Waals surface area (Å²) in [7, 11) is 0. The Morgan fingerprint density at radius 3 is 2.20 bits per heavy atom. The molecule has 1 aromatic carbocycles. The summed E-state index contributed by atoms with van der Waals surface area (Å²) in [5.41, 5.74) is 0.647. The third-order valence-corrected chi connectivity index (χ3v) is 5.21. The van der Waals surface area contributed by atoms with Gasteiger partial charge in [0.2, 0.25) is 5.91 Å². The van der Waals surface area contributed by atoms with Gasteiger partial charge >= 0.3 is 0 Å². The van der Waals surface area contributed by atoms with Gasteiger partial charge in [0.15, 0.2) is 24.0 Å². The maximum Gasteiger partial charge on any atom is 0.252 e. The molecule has 4 rings (SSSR count). The summed E-state index contributed by atoms with van der Waals surface area (Å²) < 4.78 is 29.6. The first-order valence-corrected chi connectivity index (χ1v) is 10.1. The molecule has 1 aromatic rings. The summed E-state index contributed by atoms with van der Waals surface area (Å²) in [5.74, 6) is -2.60. The molecular formula is C21H28N2O7. The molecule has 164 valence electrons. The van der Waals surface area contributed by atoms with Crippen LogP contribution in [0.5, 0.6) is 0 Å². The molecule has 2 N–H and O–H groups in total. The summed E-state index contributed by atoms with van der Waals surface area (Å²) >= 11 is 0. The fourth-order valence-electron chi connectivity index (χ4n) is 3.96. The van der Waals surface area contributed by atoms with Crippen molar-refractivity contribution >= 4 is 17.5 Å². The Morgan fingerprint density at radius 1 is 0.900 bits per heavy atom. The Balaban J connectivity index is 1.45. The van der Waals surface area contributed by atoms with Crippen molar-refractivity contribution in [2.45, 2.75) is 82.9 Å². The Morgan fingerprint density at radius 2 is 1.50 bits per heavy atom. The molecule has 9 heteroatoms. The normalized spacial score (nSPS) is 34.5. The van der Waals surface area contributed by atoms with E-state index in [4.69, 9.17) is 23.7 Å². The number of anilines is 1. The van der Waals surface area contributed by atoms with Crippen LogP contribution in [0.2, 0.25) is 0 Å². The molecule has 0 aromatic heterocycles. The van der Waals surface area contributed by atoms with Gasteiger partial charge in [-0.1, -0.05) is 18.2 Å².